The highest BCUT2D eigenvalue weighted by Crippen LogP contribution is 2.36. The van der Waals surface area contributed by atoms with Gasteiger partial charge in [0, 0.05) is 37.4 Å². The van der Waals surface area contributed by atoms with Gasteiger partial charge < -0.3 is 10.2 Å². The summed E-state index contributed by atoms with van der Waals surface area (Å²) in [6.45, 7) is 8.36. The molecular formula is C17H24N4. The maximum atomic E-state index is 4.64. The van der Waals surface area contributed by atoms with Gasteiger partial charge in [-0.1, -0.05) is 32.0 Å². The van der Waals surface area contributed by atoms with Crippen molar-refractivity contribution in [2.24, 2.45) is 7.05 Å². The standard InChI is InChI=1S/C17H24N4/c1-12(2)18-11-15-13(3)19-20(4)17(15)21-10-9-14-7-5-6-8-16(14)21/h5-8,12,18H,9-11H2,1-4H3. The van der Waals surface area contributed by atoms with Gasteiger partial charge in [0.1, 0.15) is 5.82 Å². The van der Waals surface area contributed by atoms with Gasteiger partial charge in [0.05, 0.1) is 5.69 Å². The predicted molar refractivity (Wildman–Crippen MR) is 87.1 cm³/mol. The van der Waals surface area contributed by atoms with Gasteiger partial charge in [-0.3, -0.25) is 4.68 Å². The van der Waals surface area contributed by atoms with Crippen LogP contribution in [0.5, 0.6) is 0 Å². The Balaban J connectivity index is 1.99. The lowest BCUT2D eigenvalue weighted by molar-refractivity contribution is 0.587. The normalized spacial score (nSPS) is 14.0. The van der Waals surface area contributed by atoms with Gasteiger partial charge >= 0.3 is 0 Å². The van der Waals surface area contributed by atoms with E-state index in [0.717, 1.165) is 25.2 Å². The molecule has 2 aromatic rings. The Hall–Kier alpha value is -1.81. The molecular weight excluding hydrogens is 260 g/mol. The van der Waals surface area contributed by atoms with Gasteiger partial charge in [0.15, 0.2) is 0 Å². The summed E-state index contributed by atoms with van der Waals surface area (Å²) in [7, 11) is 2.04. The number of hydrogen-bond donors (Lipinski definition) is 1. The number of rotatable bonds is 4. The fourth-order valence-electron chi connectivity index (χ4n) is 3.10. The lowest BCUT2D eigenvalue weighted by Crippen LogP contribution is -2.24. The molecule has 0 radical (unpaired) electrons. The number of nitrogens with zero attached hydrogens (tertiary/aromatic N) is 3. The zero-order chi connectivity index (χ0) is 15.0. The van der Waals surface area contributed by atoms with Crippen LogP contribution in [-0.2, 0) is 20.0 Å². The van der Waals surface area contributed by atoms with Gasteiger partial charge in [-0.05, 0) is 25.0 Å². The summed E-state index contributed by atoms with van der Waals surface area (Å²) >= 11 is 0. The van der Waals surface area contributed by atoms with Crippen molar-refractivity contribution in [3.8, 4) is 0 Å². The maximum Gasteiger partial charge on any atom is 0.135 e. The molecule has 0 spiro atoms. The monoisotopic (exact) mass is 284 g/mol. The van der Waals surface area contributed by atoms with Crippen LogP contribution in [-0.4, -0.2) is 22.4 Å². The molecule has 0 saturated heterocycles. The smallest absolute Gasteiger partial charge is 0.135 e. The molecule has 0 fully saturated rings. The third-order valence-corrected chi connectivity index (χ3v) is 4.14. The Labute approximate surface area is 126 Å². The Kier molecular flexibility index (Phi) is 3.72. The molecule has 3 rings (SSSR count). The average Bonchev–Trinajstić information content (AvgIpc) is 2.97. The first-order chi connectivity index (χ1) is 10.1. The fourth-order valence-corrected chi connectivity index (χ4v) is 3.10. The first-order valence-electron chi connectivity index (χ1n) is 7.69. The highest BCUT2D eigenvalue weighted by atomic mass is 15.4. The van der Waals surface area contributed by atoms with E-state index in [4.69, 9.17) is 0 Å². The number of para-hydroxylation sites is 1. The Morgan fingerprint density at radius 2 is 2.05 bits per heavy atom. The van der Waals surface area contributed by atoms with Crippen molar-refractivity contribution < 1.29 is 0 Å². The van der Waals surface area contributed by atoms with Crippen LogP contribution < -0.4 is 10.2 Å². The predicted octanol–water partition coefficient (Wildman–Crippen LogP) is 2.92. The molecule has 1 aromatic heterocycles. The van der Waals surface area contributed by atoms with Crippen LogP contribution in [0.4, 0.5) is 11.5 Å². The summed E-state index contributed by atoms with van der Waals surface area (Å²) in [4.78, 5) is 2.41. The van der Waals surface area contributed by atoms with Crippen LogP contribution >= 0.6 is 0 Å². The minimum atomic E-state index is 0.475. The average molecular weight is 284 g/mol. The molecule has 1 aliphatic heterocycles. The summed E-state index contributed by atoms with van der Waals surface area (Å²) in [5, 5.41) is 8.17. The molecule has 0 saturated carbocycles. The van der Waals surface area contributed by atoms with E-state index >= 15 is 0 Å². The largest absolute Gasteiger partial charge is 0.326 e. The van der Waals surface area contributed by atoms with Gasteiger partial charge in [-0.25, -0.2) is 0 Å². The van der Waals surface area contributed by atoms with Crippen molar-refractivity contribution in [2.45, 2.75) is 39.8 Å². The van der Waals surface area contributed by atoms with Crippen LogP contribution in [0, 0.1) is 6.92 Å². The molecule has 1 aliphatic rings. The van der Waals surface area contributed by atoms with E-state index in [1.165, 1.54) is 22.6 Å². The molecule has 4 heteroatoms. The topological polar surface area (TPSA) is 33.1 Å². The lowest BCUT2D eigenvalue weighted by atomic mass is 10.1. The molecule has 112 valence electrons. The van der Waals surface area contributed by atoms with E-state index in [-0.39, 0.29) is 0 Å². The summed E-state index contributed by atoms with van der Waals surface area (Å²) in [5.74, 6) is 1.23. The molecule has 1 N–H and O–H groups in total. The van der Waals surface area contributed by atoms with Crippen molar-refractivity contribution in [1.82, 2.24) is 15.1 Å². The van der Waals surface area contributed by atoms with Crippen molar-refractivity contribution in [3.63, 3.8) is 0 Å². The Bertz CT molecular complexity index is 642. The van der Waals surface area contributed by atoms with E-state index < -0.39 is 0 Å². The highest BCUT2D eigenvalue weighted by Gasteiger charge is 2.26. The molecule has 1 aromatic carbocycles. The molecule has 4 nitrogen and oxygen atoms in total. The van der Waals surface area contributed by atoms with Crippen LogP contribution in [0.25, 0.3) is 0 Å². The summed E-state index contributed by atoms with van der Waals surface area (Å²) < 4.78 is 2.02. The number of aryl methyl sites for hydroxylation is 2. The molecule has 0 unspecified atom stereocenters. The minimum Gasteiger partial charge on any atom is -0.326 e. The van der Waals surface area contributed by atoms with Gasteiger partial charge in [-0.2, -0.15) is 5.10 Å². The number of hydrogen-bond acceptors (Lipinski definition) is 3. The third-order valence-electron chi connectivity index (χ3n) is 4.14. The number of anilines is 2. The van der Waals surface area contributed by atoms with Crippen molar-refractivity contribution in [3.05, 3.63) is 41.1 Å². The first-order valence-corrected chi connectivity index (χ1v) is 7.69. The van der Waals surface area contributed by atoms with Gasteiger partial charge in [-0.15, -0.1) is 0 Å². The second kappa shape index (κ2) is 5.53. The van der Waals surface area contributed by atoms with E-state index in [0.29, 0.717) is 6.04 Å². The molecule has 21 heavy (non-hydrogen) atoms. The first kappa shape index (κ1) is 14.1. The SMILES string of the molecule is Cc1nn(C)c(N2CCc3ccccc32)c1CNC(C)C. The second-order valence-corrected chi connectivity index (χ2v) is 6.08. The van der Waals surface area contributed by atoms with Gasteiger partial charge in [0.2, 0.25) is 0 Å². The van der Waals surface area contributed by atoms with Crippen molar-refractivity contribution in [1.29, 1.82) is 0 Å². The molecule has 0 aliphatic carbocycles. The van der Waals surface area contributed by atoms with E-state index in [9.17, 15) is 0 Å². The van der Waals surface area contributed by atoms with E-state index in [2.05, 4.69) is 60.4 Å². The molecule has 0 atom stereocenters. The van der Waals surface area contributed by atoms with Crippen LogP contribution in [0.3, 0.4) is 0 Å². The number of fused-ring (bicyclic) bond motifs is 1. The summed E-state index contributed by atoms with van der Waals surface area (Å²) in [6, 6.07) is 9.16. The van der Waals surface area contributed by atoms with Crippen molar-refractivity contribution >= 4 is 11.5 Å². The summed E-state index contributed by atoms with van der Waals surface area (Å²) in [5.41, 5.74) is 5.18. The van der Waals surface area contributed by atoms with E-state index in [1.54, 1.807) is 0 Å². The Morgan fingerprint density at radius 1 is 1.29 bits per heavy atom. The van der Waals surface area contributed by atoms with Gasteiger partial charge in [0.25, 0.3) is 0 Å². The molecule has 2 heterocycles. The van der Waals surface area contributed by atoms with Crippen molar-refractivity contribution in [2.75, 3.05) is 11.4 Å². The zero-order valence-corrected chi connectivity index (χ0v) is 13.3. The summed E-state index contributed by atoms with van der Waals surface area (Å²) in [6.07, 6.45) is 1.11. The number of aromatic nitrogens is 2. The Morgan fingerprint density at radius 3 is 2.81 bits per heavy atom. The van der Waals surface area contributed by atoms with Crippen LogP contribution in [0.1, 0.15) is 30.7 Å². The fraction of sp³-hybridized carbons (Fsp3) is 0.471. The number of benzene rings is 1. The molecule has 0 bridgehead atoms. The number of nitrogens with one attached hydrogen (secondary N) is 1. The quantitative estimate of drug-likeness (QED) is 0.937. The molecule has 0 amide bonds. The maximum absolute atomic E-state index is 4.64. The third kappa shape index (κ3) is 2.56. The lowest BCUT2D eigenvalue weighted by Gasteiger charge is -2.22. The zero-order valence-electron chi connectivity index (χ0n) is 13.3. The minimum absolute atomic E-state index is 0.475. The van der Waals surface area contributed by atoms with Crippen LogP contribution in [0.2, 0.25) is 0 Å². The second-order valence-electron chi connectivity index (χ2n) is 6.08. The highest BCUT2D eigenvalue weighted by molar-refractivity contribution is 5.70. The van der Waals surface area contributed by atoms with Crippen LogP contribution in [0.15, 0.2) is 24.3 Å². The van der Waals surface area contributed by atoms with E-state index in [1.807, 2.05) is 11.7 Å².